The normalized spacial score (nSPS) is 15.3. The van der Waals surface area contributed by atoms with E-state index < -0.39 is 11.1 Å². The maximum atomic E-state index is 12.5. The summed E-state index contributed by atoms with van der Waals surface area (Å²) in [4.78, 5) is 37.0. The van der Waals surface area contributed by atoms with E-state index in [1.807, 2.05) is 20.8 Å². The number of imidazole rings is 1. The number of aromatic nitrogens is 4. The number of hydrogen-bond donors (Lipinski definition) is 3. The zero-order valence-electron chi connectivity index (χ0n) is 16.2. The lowest BCUT2D eigenvalue weighted by Gasteiger charge is -2.16. The minimum atomic E-state index is -0.654. The molecule has 0 saturated heterocycles. The summed E-state index contributed by atoms with van der Waals surface area (Å²) in [7, 11) is 0. The van der Waals surface area contributed by atoms with Gasteiger partial charge in [0.2, 0.25) is 0 Å². The van der Waals surface area contributed by atoms with E-state index in [0.717, 1.165) is 0 Å². The van der Waals surface area contributed by atoms with E-state index in [0.29, 0.717) is 17.0 Å². The van der Waals surface area contributed by atoms with Gasteiger partial charge in [-0.3, -0.25) is 9.59 Å². The van der Waals surface area contributed by atoms with Crippen LogP contribution in [0.4, 0.5) is 0 Å². The van der Waals surface area contributed by atoms with Crippen molar-refractivity contribution in [2.45, 2.75) is 26.2 Å². The third-order valence-corrected chi connectivity index (χ3v) is 3.61. The second-order valence-corrected chi connectivity index (χ2v) is 6.65. The fraction of sp³-hybridized carbons (Fsp3) is 0.211. The van der Waals surface area contributed by atoms with Crippen LogP contribution in [0.2, 0.25) is 0 Å². The highest BCUT2D eigenvalue weighted by atomic mass is 16.1. The van der Waals surface area contributed by atoms with Crippen molar-refractivity contribution in [2.24, 2.45) is 0 Å². The Morgan fingerprint density at radius 2 is 1.60 bits per heavy atom. The first-order valence-electron chi connectivity index (χ1n) is 8.84. The Morgan fingerprint density at radius 1 is 1.00 bits per heavy atom. The monoisotopic (exact) mass is 338 g/mol. The van der Waals surface area contributed by atoms with E-state index in [-0.39, 0.29) is 28.2 Å². The van der Waals surface area contributed by atoms with Crippen molar-refractivity contribution in [3.8, 4) is 0 Å². The minimum absolute atomic E-state index is 0.0952. The first kappa shape index (κ1) is 14.2. The summed E-state index contributed by atoms with van der Waals surface area (Å²) >= 11 is 0. The molecular formula is C19H20N4O2. The number of benzene rings is 1. The number of hydrogen-bond acceptors (Lipinski definition) is 3. The number of H-pyrrole nitrogens is 3. The number of nitrogens with zero attached hydrogens (tertiary/aromatic N) is 1. The molecule has 0 radical (unpaired) electrons. The van der Waals surface area contributed by atoms with Crippen LogP contribution in [0.15, 0.2) is 46.2 Å². The summed E-state index contributed by atoms with van der Waals surface area (Å²) in [6.07, 6.45) is 1.45. The molecule has 2 aromatic heterocycles. The van der Waals surface area contributed by atoms with Crippen LogP contribution in [0.3, 0.4) is 0 Å². The lowest BCUT2D eigenvalue weighted by Crippen LogP contribution is -2.46. The minimum Gasteiger partial charge on any atom is -0.348 e. The fourth-order valence-electron chi connectivity index (χ4n) is 2.39. The van der Waals surface area contributed by atoms with Crippen molar-refractivity contribution >= 4 is 12.1 Å². The van der Waals surface area contributed by atoms with Crippen LogP contribution in [-0.2, 0) is 5.41 Å². The second-order valence-electron chi connectivity index (χ2n) is 6.65. The topological polar surface area (TPSA) is 94.4 Å². The second kappa shape index (κ2) is 6.39. The lowest BCUT2D eigenvalue weighted by molar-refractivity contribution is 0.571. The molecule has 0 aliphatic rings. The van der Waals surface area contributed by atoms with Crippen molar-refractivity contribution in [1.82, 2.24) is 19.9 Å². The van der Waals surface area contributed by atoms with Gasteiger partial charge in [0.1, 0.15) is 10.7 Å². The van der Waals surface area contributed by atoms with Crippen LogP contribution in [0, 0.1) is 0 Å². The lowest BCUT2D eigenvalue weighted by atomic mass is 9.90. The molecule has 6 nitrogen and oxygen atoms in total. The molecule has 1 aromatic carbocycles. The van der Waals surface area contributed by atoms with Crippen LogP contribution < -0.4 is 21.8 Å². The molecule has 0 aliphatic carbocycles. The van der Waals surface area contributed by atoms with E-state index in [9.17, 15) is 9.59 Å². The molecule has 3 N–H and O–H groups in total. The molecule has 128 valence electrons. The highest BCUT2D eigenvalue weighted by molar-refractivity contribution is 5.49. The van der Waals surface area contributed by atoms with Gasteiger partial charge >= 0.3 is 0 Å². The molecule has 25 heavy (non-hydrogen) atoms. The molecule has 0 saturated carbocycles. The zero-order chi connectivity index (χ0) is 19.8. The van der Waals surface area contributed by atoms with Crippen LogP contribution in [0.25, 0.3) is 12.1 Å². The quantitative estimate of drug-likeness (QED) is 0.643. The Labute approximate surface area is 146 Å². The molecular weight excluding hydrogens is 316 g/mol. The van der Waals surface area contributed by atoms with Crippen molar-refractivity contribution in [1.29, 1.82) is 0 Å². The highest BCUT2D eigenvalue weighted by Gasteiger charge is 2.19. The Bertz CT molecular complexity index is 1220. The summed E-state index contributed by atoms with van der Waals surface area (Å²) < 4.78 is 16.5. The summed E-state index contributed by atoms with van der Waals surface area (Å²) in [6.45, 7) is 5.86. The molecule has 0 spiro atoms. The van der Waals surface area contributed by atoms with Gasteiger partial charge in [0.05, 0.1) is 14.8 Å². The van der Waals surface area contributed by atoms with Gasteiger partial charge in [-0.25, -0.2) is 4.98 Å². The summed E-state index contributed by atoms with van der Waals surface area (Å²) in [5.41, 5.74) is -0.123. The number of aromatic amines is 3. The smallest absolute Gasteiger partial charge is 0.272 e. The molecule has 2 heterocycles. The standard InChI is InChI=1S/C19H20N4O2/c1-19(2,3)16-13(20-11-21-16)10-15-18(25)22-14(17(24)23-15)9-12-7-5-4-6-8-12/h4-11H,1-3H3,(H,20,21)(H,22,25)(H,23,24)/b14-9-,15-10-/i9D,10D. The van der Waals surface area contributed by atoms with Crippen LogP contribution in [0.5, 0.6) is 0 Å². The van der Waals surface area contributed by atoms with Crippen LogP contribution in [-0.4, -0.2) is 19.9 Å². The third-order valence-electron chi connectivity index (χ3n) is 3.61. The van der Waals surface area contributed by atoms with Crippen molar-refractivity contribution in [3.05, 3.63) is 85.0 Å². The Hall–Kier alpha value is -3.15. The van der Waals surface area contributed by atoms with E-state index in [2.05, 4.69) is 19.9 Å². The highest BCUT2D eigenvalue weighted by Crippen LogP contribution is 2.22. The predicted molar refractivity (Wildman–Crippen MR) is 97.8 cm³/mol. The largest absolute Gasteiger partial charge is 0.348 e. The predicted octanol–water partition coefficient (Wildman–Crippen LogP) is 0.741. The van der Waals surface area contributed by atoms with E-state index >= 15 is 0 Å². The van der Waals surface area contributed by atoms with Gasteiger partial charge in [0, 0.05) is 11.1 Å². The summed E-state index contributed by atoms with van der Waals surface area (Å²) in [6, 6.07) is 8.35. The van der Waals surface area contributed by atoms with Crippen molar-refractivity contribution in [2.75, 3.05) is 0 Å². The average Bonchev–Trinajstić information content (AvgIpc) is 3.13. The molecule has 0 aliphatic heterocycles. The molecule has 3 rings (SSSR count). The first-order valence-corrected chi connectivity index (χ1v) is 7.84. The zero-order valence-corrected chi connectivity index (χ0v) is 14.2. The summed E-state index contributed by atoms with van der Waals surface area (Å²) in [5, 5.41) is -0.344. The molecule has 0 amide bonds. The van der Waals surface area contributed by atoms with Gasteiger partial charge in [-0.05, 0) is 17.7 Å². The number of rotatable bonds is 2. The Balaban J connectivity index is 2.29. The molecule has 0 fully saturated rings. The van der Waals surface area contributed by atoms with Gasteiger partial charge < -0.3 is 15.0 Å². The average molecular weight is 338 g/mol. The van der Waals surface area contributed by atoms with Gasteiger partial charge in [-0.2, -0.15) is 0 Å². The SMILES string of the molecule is [2H]/C(c1ccccc1)=c1/[nH]c(=O)/c(=C(\[2H])c2nc[nH]c2C(C)(C)C)[nH]c1=O. The number of nitrogens with one attached hydrogen (secondary N) is 3. The van der Waals surface area contributed by atoms with Crippen LogP contribution in [0.1, 0.15) is 40.5 Å². The van der Waals surface area contributed by atoms with E-state index in [1.165, 1.54) is 6.33 Å². The molecule has 6 heteroatoms. The maximum absolute atomic E-state index is 12.5. The van der Waals surface area contributed by atoms with Gasteiger partial charge in [-0.1, -0.05) is 51.1 Å². The molecule has 0 atom stereocenters. The fourth-order valence-corrected chi connectivity index (χ4v) is 2.39. The maximum Gasteiger partial charge on any atom is 0.272 e. The van der Waals surface area contributed by atoms with E-state index in [4.69, 9.17) is 2.74 Å². The molecule has 0 bridgehead atoms. The molecule has 3 aromatic rings. The Morgan fingerprint density at radius 3 is 2.20 bits per heavy atom. The van der Waals surface area contributed by atoms with Crippen LogP contribution >= 0.6 is 0 Å². The Kier molecular flexibility index (Phi) is 3.63. The summed E-state index contributed by atoms with van der Waals surface area (Å²) in [5.74, 6) is 0. The van der Waals surface area contributed by atoms with Gasteiger partial charge in [0.15, 0.2) is 0 Å². The van der Waals surface area contributed by atoms with Gasteiger partial charge in [-0.15, -0.1) is 0 Å². The van der Waals surface area contributed by atoms with Crippen molar-refractivity contribution in [3.63, 3.8) is 0 Å². The van der Waals surface area contributed by atoms with Gasteiger partial charge in [0.25, 0.3) is 11.1 Å². The van der Waals surface area contributed by atoms with Crippen molar-refractivity contribution < 1.29 is 2.74 Å². The first-order chi connectivity index (χ1) is 12.7. The molecule has 0 unspecified atom stereocenters. The van der Waals surface area contributed by atoms with E-state index in [1.54, 1.807) is 30.3 Å². The third kappa shape index (κ3) is 3.68.